The lowest BCUT2D eigenvalue weighted by atomic mass is 9.95. The van der Waals surface area contributed by atoms with Crippen molar-refractivity contribution in [3.8, 4) is 5.75 Å². The first-order valence-corrected chi connectivity index (χ1v) is 14.2. The van der Waals surface area contributed by atoms with Crippen LogP contribution in [0.3, 0.4) is 0 Å². The van der Waals surface area contributed by atoms with Crippen LogP contribution in [0.4, 0.5) is 5.00 Å². The molecule has 2 N–H and O–H groups in total. The van der Waals surface area contributed by atoms with Gasteiger partial charge in [0.1, 0.15) is 10.8 Å². The molecule has 1 atom stereocenters. The van der Waals surface area contributed by atoms with Gasteiger partial charge in [0.25, 0.3) is 5.91 Å². The van der Waals surface area contributed by atoms with E-state index in [0.717, 1.165) is 36.1 Å². The third-order valence-corrected chi connectivity index (χ3v) is 8.36. The van der Waals surface area contributed by atoms with E-state index in [1.165, 1.54) is 23.1 Å². The molecule has 0 aliphatic heterocycles. The van der Waals surface area contributed by atoms with E-state index < -0.39 is 11.2 Å². The number of esters is 1. The van der Waals surface area contributed by atoms with Crippen molar-refractivity contribution >= 4 is 45.9 Å². The number of amides is 2. The van der Waals surface area contributed by atoms with E-state index >= 15 is 0 Å². The molecule has 0 radical (unpaired) electrons. The number of anilines is 1. The van der Waals surface area contributed by atoms with Gasteiger partial charge in [0.05, 0.1) is 24.0 Å². The first-order valence-electron chi connectivity index (χ1n) is 12.5. The monoisotopic (exact) mass is 557 g/mol. The van der Waals surface area contributed by atoms with Gasteiger partial charge in [-0.25, -0.2) is 4.79 Å². The van der Waals surface area contributed by atoms with Crippen LogP contribution in [0.15, 0.2) is 35.5 Å². The third-order valence-electron chi connectivity index (χ3n) is 6.02. The van der Waals surface area contributed by atoms with Gasteiger partial charge in [-0.1, -0.05) is 30.0 Å². The van der Waals surface area contributed by atoms with Crippen LogP contribution in [0.2, 0.25) is 0 Å². The lowest BCUT2D eigenvalue weighted by molar-refractivity contribution is -0.123. The number of ether oxygens (including phenoxy) is 2. The van der Waals surface area contributed by atoms with Crippen LogP contribution in [0.25, 0.3) is 0 Å². The fourth-order valence-electron chi connectivity index (χ4n) is 3.99. The van der Waals surface area contributed by atoms with E-state index in [0.29, 0.717) is 27.3 Å². The van der Waals surface area contributed by atoms with Crippen LogP contribution < -0.4 is 15.4 Å². The molecule has 2 amide bonds. The first-order chi connectivity index (χ1) is 18.4. The van der Waals surface area contributed by atoms with Crippen molar-refractivity contribution in [2.24, 2.45) is 7.05 Å². The predicted octanol–water partition coefficient (Wildman–Crippen LogP) is 3.75. The maximum Gasteiger partial charge on any atom is 0.341 e. The molecule has 1 aliphatic rings. The number of benzene rings is 1. The van der Waals surface area contributed by atoms with Crippen molar-refractivity contribution < 1.29 is 23.9 Å². The topological polar surface area (TPSA) is 124 Å². The number of aromatic nitrogens is 3. The van der Waals surface area contributed by atoms with Gasteiger partial charge in [0.2, 0.25) is 5.91 Å². The number of fused-ring (bicyclic) bond motifs is 1. The number of aryl methyl sites for hydroxylation is 1. The first kappa shape index (κ1) is 27.6. The fourth-order valence-corrected chi connectivity index (χ4v) is 6.11. The number of thiophene rings is 1. The summed E-state index contributed by atoms with van der Waals surface area (Å²) in [4.78, 5) is 39.1. The minimum absolute atomic E-state index is 0.111. The molecule has 2 heterocycles. The van der Waals surface area contributed by atoms with Gasteiger partial charge in [-0.15, -0.1) is 21.5 Å². The predicted molar refractivity (Wildman–Crippen MR) is 146 cm³/mol. The summed E-state index contributed by atoms with van der Waals surface area (Å²) in [5.74, 6) is 0.245. The van der Waals surface area contributed by atoms with Gasteiger partial charge in [0, 0.05) is 11.9 Å². The highest BCUT2D eigenvalue weighted by Crippen LogP contribution is 2.39. The molecule has 202 valence electrons. The molecule has 38 heavy (non-hydrogen) atoms. The summed E-state index contributed by atoms with van der Waals surface area (Å²) in [6.07, 6.45) is 3.81. The van der Waals surface area contributed by atoms with Crippen molar-refractivity contribution in [2.45, 2.75) is 56.5 Å². The minimum atomic E-state index is -0.506. The number of hydrogen-bond donors (Lipinski definition) is 2. The highest BCUT2D eigenvalue weighted by molar-refractivity contribution is 8.00. The quantitative estimate of drug-likeness (QED) is 0.270. The molecule has 4 rings (SSSR count). The Kier molecular flexibility index (Phi) is 9.40. The maximum atomic E-state index is 13.1. The second kappa shape index (κ2) is 12.9. The number of carbonyl (C=O) groups excluding carboxylic acids is 3. The normalized spacial score (nSPS) is 13.3. The van der Waals surface area contributed by atoms with Crippen LogP contribution in [-0.4, -0.2) is 51.0 Å². The standard InChI is InChI=1S/C26H31N5O5S2/c1-4-35-25(34)22-18-12-8-9-13-19(18)38-24(22)28-23(33)16(2)37-26-30-29-20(31(26)3)14-27-21(32)15-36-17-10-6-5-7-11-17/h5-7,10-11,16H,4,8-9,12-15H2,1-3H3,(H,27,32)(H,28,33)/t16-/m1/s1. The molecule has 3 aromatic rings. The van der Waals surface area contributed by atoms with E-state index in [-0.39, 0.29) is 31.6 Å². The van der Waals surface area contributed by atoms with Gasteiger partial charge >= 0.3 is 5.97 Å². The molecule has 0 unspecified atom stereocenters. The van der Waals surface area contributed by atoms with Crippen LogP contribution in [0.1, 0.15) is 53.3 Å². The summed E-state index contributed by atoms with van der Waals surface area (Å²) in [5.41, 5.74) is 1.49. The summed E-state index contributed by atoms with van der Waals surface area (Å²) in [7, 11) is 1.78. The third kappa shape index (κ3) is 6.73. The van der Waals surface area contributed by atoms with Crippen molar-refractivity contribution in [3.05, 3.63) is 52.2 Å². The van der Waals surface area contributed by atoms with Crippen molar-refractivity contribution in [1.29, 1.82) is 0 Å². The van der Waals surface area contributed by atoms with Gasteiger partial charge < -0.3 is 24.7 Å². The Hall–Kier alpha value is -3.38. The van der Waals surface area contributed by atoms with E-state index in [9.17, 15) is 14.4 Å². The van der Waals surface area contributed by atoms with Crippen molar-refractivity contribution in [3.63, 3.8) is 0 Å². The highest BCUT2D eigenvalue weighted by Gasteiger charge is 2.28. The molecular formula is C26H31N5O5S2. The number of thioether (sulfide) groups is 1. The van der Waals surface area contributed by atoms with Crippen LogP contribution in [-0.2, 0) is 40.8 Å². The molecule has 0 saturated heterocycles. The Morgan fingerprint density at radius 3 is 2.68 bits per heavy atom. The van der Waals surface area contributed by atoms with Crippen LogP contribution in [0, 0.1) is 0 Å². The fraction of sp³-hybridized carbons (Fsp3) is 0.423. The number of nitrogens with zero attached hydrogens (tertiary/aromatic N) is 3. The average Bonchev–Trinajstić information content (AvgIpc) is 3.46. The minimum Gasteiger partial charge on any atom is -0.484 e. The largest absolute Gasteiger partial charge is 0.484 e. The van der Waals surface area contributed by atoms with Gasteiger partial charge in [0.15, 0.2) is 17.6 Å². The number of hydrogen-bond acceptors (Lipinski definition) is 9. The smallest absolute Gasteiger partial charge is 0.341 e. The Bertz CT molecular complexity index is 1290. The van der Waals surface area contributed by atoms with Crippen LogP contribution >= 0.6 is 23.1 Å². The Morgan fingerprint density at radius 1 is 1.16 bits per heavy atom. The molecular weight excluding hydrogens is 526 g/mol. The summed E-state index contributed by atoms with van der Waals surface area (Å²) >= 11 is 2.71. The van der Waals surface area contributed by atoms with E-state index in [2.05, 4.69) is 20.8 Å². The zero-order chi connectivity index (χ0) is 27.1. The van der Waals surface area contributed by atoms with E-state index in [4.69, 9.17) is 9.47 Å². The number of para-hydroxylation sites is 1. The van der Waals surface area contributed by atoms with E-state index in [1.807, 2.05) is 18.2 Å². The van der Waals surface area contributed by atoms with Crippen molar-refractivity contribution in [1.82, 2.24) is 20.1 Å². The highest BCUT2D eigenvalue weighted by atomic mass is 32.2. The number of rotatable bonds is 11. The second-order valence-corrected chi connectivity index (χ2v) is 11.1. The summed E-state index contributed by atoms with van der Waals surface area (Å²) in [5, 5.41) is 14.6. The molecule has 0 bridgehead atoms. The lowest BCUT2D eigenvalue weighted by Crippen LogP contribution is -2.29. The SMILES string of the molecule is CCOC(=O)c1c(NC(=O)[C@@H](C)Sc2nnc(CNC(=O)COc3ccccc3)n2C)sc2c1CCCC2. The van der Waals surface area contributed by atoms with Gasteiger partial charge in [-0.3, -0.25) is 9.59 Å². The number of carbonyl (C=O) groups is 3. The molecule has 0 spiro atoms. The summed E-state index contributed by atoms with van der Waals surface area (Å²) in [6, 6.07) is 9.10. The molecule has 0 saturated carbocycles. The molecule has 0 fully saturated rings. The van der Waals surface area contributed by atoms with E-state index in [1.54, 1.807) is 37.6 Å². The molecule has 2 aromatic heterocycles. The van der Waals surface area contributed by atoms with Gasteiger partial charge in [-0.2, -0.15) is 0 Å². The van der Waals surface area contributed by atoms with Crippen LogP contribution in [0.5, 0.6) is 5.75 Å². The Labute approximate surface area is 229 Å². The molecule has 1 aliphatic carbocycles. The summed E-state index contributed by atoms with van der Waals surface area (Å²) in [6.45, 7) is 3.88. The zero-order valence-electron chi connectivity index (χ0n) is 21.6. The Morgan fingerprint density at radius 2 is 1.92 bits per heavy atom. The molecule has 10 nitrogen and oxygen atoms in total. The molecule has 1 aromatic carbocycles. The lowest BCUT2D eigenvalue weighted by Gasteiger charge is -2.13. The average molecular weight is 558 g/mol. The maximum absolute atomic E-state index is 13.1. The van der Waals surface area contributed by atoms with Gasteiger partial charge in [-0.05, 0) is 57.2 Å². The van der Waals surface area contributed by atoms with Crippen molar-refractivity contribution in [2.75, 3.05) is 18.5 Å². The summed E-state index contributed by atoms with van der Waals surface area (Å²) < 4.78 is 12.5. The zero-order valence-corrected chi connectivity index (χ0v) is 23.2. The second-order valence-electron chi connectivity index (χ2n) is 8.72. The number of nitrogens with one attached hydrogen (secondary N) is 2. The Balaban J connectivity index is 1.33. The molecule has 12 heteroatoms.